The lowest BCUT2D eigenvalue weighted by molar-refractivity contribution is -0.106. The fourth-order valence-electron chi connectivity index (χ4n) is 3.41. The van der Waals surface area contributed by atoms with Crippen LogP contribution < -0.4 is 5.73 Å². The van der Waals surface area contributed by atoms with Gasteiger partial charge in [-0.25, -0.2) is 8.78 Å². The predicted octanol–water partition coefficient (Wildman–Crippen LogP) is 6.15. The Kier molecular flexibility index (Phi) is 8.20. The van der Waals surface area contributed by atoms with Crippen molar-refractivity contribution in [2.24, 2.45) is 10.7 Å². The zero-order chi connectivity index (χ0) is 23.0. The maximum atomic E-state index is 13.5. The van der Waals surface area contributed by atoms with Gasteiger partial charge in [-0.1, -0.05) is 55.5 Å². The van der Waals surface area contributed by atoms with Crippen LogP contribution in [0.15, 0.2) is 65.7 Å². The fraction of sp³-hybridized carbons (Fsp3) is 0.231. The highest BCUT2D eigenvalue weighted by Gasteiger charge is 2.23. The van der Waals surface area contributed by atoms with Gasteiger partial charge in [0.15, 0.2) is 0 Å². The van der Waals surface area contributed by atoms with Gasteiger partial charge in [0.1, 0.15) is 0 Å². The maximum Gasteiger partial charge on any atom is 0.270 e. The molecule has 3 rings (SSSR count). The second kappa shape index (κ2) is 10.6. The predicted molar refractivity (Wildman–Crippen MR) is 125 cm³/mol. The quantitative estimate of drug-likeness (QED) is 0.389. The number of amides is 1. The van der Waals surface area contributed by atoms with Gasteiger partial charge in [-0.3, -0.25) is 9.79 Å². The van der Waals surface area contributed by atoms with E-state index in [1.54, 1.807) is 19.2 Å². The van der Waals surface area contributed by atoms with Crippen LogP contribution in [-0.4, -0.2) is 19.7 Å². The molecule has 0 spiro atoms. The van der Waals surface area contributed by atoms with E-state index in [-0.39, 0.29) is 12.0 Å². The Bertz CT molecular complexity index is 1050. The van der Waals surface area contributed by atoms with E-state index in [1.807, 2.05) is 12.3 Å². The third-order valence-corrected chi connectivity index (χ3v) is 5.07. The highest BCUT2D eigenvalue weighted by molar-refractivity contribution is 5.85. The van der Waals surface area contributed by atoms with Gasteiger partial charge in [0.2, 0.25) is 6.41 Å². The normalized spacial score (nSPS) is 11.2. The average molecular weight is 423 g/mol. The number of nitrogens with two attached hydrogens (primary N) is 1. The summed E-state index contributed by atoms with van der Waals surface area (Å²) in [6, 6.07) is 19.2. The van der Waals surface area contributed by atoms with Crippen molar-refractivity contribution in [1.82, 2.24) is 0 Å². The zero-order valence-electron chi connectivity index (χ0n) is 18.3. The minimum atomic E-state index is -2.82. The molecule has 0 aliphatic rings. The summed E-state index contributed by atoms with van der Waals surface area (Å²) >= 11 is 0. The number of aryl methyl sites for hydroxylation is 2. The number of carbonyl (C=O) groups excluding carboxylic acids is 1. The van der Waals surface area contributed by atoms with E-state index in [0.29, 0.717) is 0 Å². The van der Waals surface area contributed by atoms with Gasteiger partial charge >= 0.3 is 0 Å². The van der Waals surface area contributed by atoms with Crippen molar-refractivity contribution in [3.63, 3.8) is 0 Å². The van der Waals surface area contributed by atoms with E-state index < -0.39 is 5.92 Å². The van der Waals surface area contributed by atoms with Gasteiger partial charge in [0.05, 0.1) is 0 Å². The highest BCUT2D eigenvalue weighted by atomic mass is 19.3. The maximum absolute atomic E-state index is 13.5. The fourth-order valence-corrected chi connectivity index (χ4v) is 3.41. The summed E-state index contributed by atoms with van der Waals surface area (Å²) in [6.45, 7) is 5.14. The number of halogens is 2. The van der Waals surface area contributed by atoms with Crippen molar-refractivity contribution in [2.75, 3.05) is 7.05 Å². The highest BCUT2D eigenvalue weighted by Crippen LogP contribution is 2.32. The number of rotatable bonds is 5. The van der Waals surface area contributed by atoms with E-state index in [9.17, 15) is 8.78 Å². The van der Waals surface area contributed by atoms with Crippen LogP contribution in [0.2, 0.25) is 0 Å². The lowest BCUT2D eigenvalue weighted by atomic mass is 9.92. The molecule has 0 fully saturated rings. The third-order valence-electron chi connectivity index (χ3n) is 5.07. The summed E-state index contributed by atoms with van der Waals surface area (Å²) in [6.07, 6.45) is 3.10. The molecule has 0 radical (unpaired) electrons. The van der Waals surface area contributed by atoms with Gasteiger partial charge in [0.25, 0.3) is 5.92 Å². The molecule has 0 unspecified atom stereocenters. The number of hydrogen-bond acceptors (Lipinski definition) is 2. The first-order chi connectivity index (χ1) is 14.7. The van der Waals surface area contributed by atoms with Crippen molar-refractivity contribution in [3.05, 3.63) is 82.9 Å². The molecule has 1 amide bonds. The van der Waals surface area contributed by atoms with Gasteiger partial charge in [-0.05, 0) is 64.4 Å². The largest absolute Gasteiger partial charge is 0.372 e. The Balaban J connectivity index is 0.00000107. The van der Waals surface area contributed by atoms with Crippen LogP contribution >= 0.6 is 0 Å². The second-order valence-corrected chi connectivity index (χ2v) is 7.29. The van der Waals surface area contributed by atoms with Crippen molar-refractivity contribution in [1.29, 1.82) is 0 Å². The molecule has 0 saturated heterocycles. The van der Waals surface area contributed by atoms with Crippen molar-refractivity contribution >= 4 is 12.6 Å². The average Bonchev–Trinajstić information content (AvgIpc) is 2.74. The van der Waals surface area contributed by atoms with Gasteiger partial charge in [-0.2, -0.15) is 0 Å². The second-order valence-electron chi connectivity index (χ2n) is 7.29. The molecule has 5 heteroatoms. The molecule has 0 bridgehead atoms. The molecule has 2 N–H and O–H groups in total. The molecular weight excluding hydrogens is 394 g/mol. The summed E-state index contributed by atoms with van der Waals surface area (Å²) in [4.78, 5) is 12.8. The van der Waals surface area contributed by atoms with Crippen LogP contribution in [0.1, 0.15) is 36.1 Å². The molecule has 3 aromatic rings. The third kappa shape index (κ3) is 6.07. The molecule has 0 aromatic heterocycles. The molecule has 3 aromatic carbocycles. The number of benzene rings is 3. The summed E-state index contributed by atoms with van der Waals surface area (Å²) in [5.41, 5.74) is 12.0. The van der Waals surface area contributed by atoms with Crippen molar-refractivity contribution in [3.8, 4) is 22.3 Å². The minimum Gasteiger partial charge on any atom is -0.372 e. The first-order valence-corrected chi connectivity index (χ1v) is 10.0. The lowest BCUT2D eigenvalue weighted by Gasteiger charge is -2.14. The molecular formula is C26H28F2N2O. The van der Waals surface area contributed by atoms with Crippen LogP contribution in [0.25, 0.3) is 22.3 Å². The van der Waals surface area contributed by atoms with Crippen LogP contribution in [-0.2, 0) is 17.1 Å². The Morgan fingerprint density at radius 2 is 1.55 bits per heavy atom. The van der Waals surface area contributed by atoms with E-state index >= 15 is 0 Å². The van der Waals surface area contributed by atoms with Crippen LogP contribution in [0, 0.1) is 6.92 Å². The summed E-state index contributed by atoms with van der Waals surface area (Å²) in [7, 11) is 1.78. The molecule has 0 aliphatic carbocycles. The lowest BCUT2D eigenvalue weighted by Crippen LogP contribution is -2.06. The first kappa shape index (κ1) is 23.9. The smallest absolute Gasteiger partial charge is 0.270 e. The van der Waals surface area contributed by atoms with Gasteiger partial charge in [0, 0.05) is 25.7 Å². The standard InChI is InChI=1S/C25H25F2N.CH3NO/c1-5-18-8-9-21(14-22(18)16-28-4)24-15-20(7-6-17(24)2)19-10-12-23(13-11-19)25(3,26)27;2-1-3/h6-16H,5H2,1-4H3;1H,(H2,2,3). The Labute approximate surface area is 182 Å². The molecule has 3 nitrogen and oxygen atoms in total. The number of aliphatic imine (C=N–C) groups is 1. The van der Waals surface area contributed by atoms with E-state index in [0.717, 1.165) is 41.2 Å². The molecule has 31 heavy (non-hydrogen) atoms. The first-order valence-electron chi connectivity index (χ1n) is 10.0. The van der Waals surface area contributed by atoms with Crippen LogP contribution in [0.3, 0.4) is 0 Å². The molecule has 0 saturated carbocycles. The Morgan fingerprint density at radius 3 is 2.10 bits per heavy atom. The van der Waals surface area contributed by atoms with Gasteiger partial charge in [-0.15, -0.1) is 0 Å². The SMILES string of the molecule is CCc1ccc(-c2cc(-c3ccc(C(C)(F)F)cc3)ccc2C)cc1C=NC.NC=O. The van der Waals surface area contributed by atoms with E-state index in [2.05, 4.69) is 54.9 Å². The summed E-state index contributed by atoms with van der Waals surface area (Å²) < 4.78 is 27.0. The molecule has 0 atom stereocenters. The monoisotopic (exact) mass is 422 g/mol. The Hall–Kier alpha value is -3.34. The zero-order valence-corrected chi connectivity index (χ0v) is 18.3. The Morgan fingerprint density at radius 1 is 0.968 bits per heavy atom. The molecule has 0 heterocycles. The van der Waals surface area contributed by atoms with Crippen molar-refractivity contribution in [2.45, 2.75) is 33.1 Å². The van der Waals surface area contributed by atoms with Gasteiger partial charge < -0.3 is 5.73 Å². The number of nitrogens with zero attached hydrogens (tertiary/aromatic N) is 1. The van der Waals surface area contributed by atoms with Crippen LogP contribution in [0.4, 0.5) is 8.78 Å². The van der Waals surface area contributed by atoms with E-state index in [4.69, 9.17) is 4.79 Å². The minimum absolute atomic E-state index is 0.0298. The van der Waals surface area contributed by atoms with E-state index in [1.165, 1.54) is 23.3 Å². The van der Waals surface area contributed by atoms with Crippen molar-refractivity contribution < 1.29 is 13.6 Å². The molecule has 0 aliphatic heterocycles. The molecule has 162 valence electrons. The number of hydrogen-bond donors (Lipinski definition) is 1. The summed E-state index contributed by atoms with van der Waals surface area (Å²) in [5.74, 6) is -2.82. The number of primary amides is 1. The topological polar surface area (TPSA) is 55.4 Å². The number of alkyl halides is 2. The number of carbonyl (C=O) groups is 1. The van der Waals surface area contributed by atoms with Crippen LogP contribution in [0.5, 0.6) is 0 Å². The summed E-state index contributed by atoms with van der Waals surface area (Å²) in [5, 5.41) is 0.